The Hall–Kier alpha value is -1.63. The summed E-state index contributed by atoms with van der Waals surface area (Å²) in [5, 5.41) is 11.0. The first kappa shape index (κ1) is 12.8. The molecule has 0 saturated carbocycles. The van der Waals surface area contributed by atoms with E-state index in [9.17, 15) is 4.79 Å². The Bertz CT molecular complexity index is 560. The van der Waals surface area contributed by atoms with Crippen LogP contribution in [-0.2, 0) is 24.9 Å². The Morgan fingerprint density at radius 2 is 2.22 bits per heavy atom. The van der Waals surface area contributed by atoms with Crippen LogP contribution < -0.4 is 5.32 Å². The number of nitrogens with one attached hydrogen (secondary N) is 1. The van der Waals surface area contributed by atoms with Gasteiger partial charge in [-0.05, 0) is 22.9 Å². The summed E-state index contributed by atoms with van der Waals surface area (Å²) in [7, 11) is 1.88. The maximum Gasteiger partial charge on any atom is 0.242 e. The zero-order valence-electron chi connectivity index (χ0n) is 10.2. The third-order valence-corrected chi connectivity index (χ3v) is 3.13. The number of carbonyl (C=O) groups excluding carboxylic acids is 1. The van der Waals surface area contributed by atoms with Gasteiger partial charge in [-0.2, -0.15) is 10.2 Å². The summed E-state index contributed by atoms with van der Waals surface area (Å²) in [4.78, 5) is 11.7. The molecular weight excluding hydrogens is 298 g/mol. The van der Waals surface area contributed by atoms with E-state index in [4.69, 9.17) is 0 Å². The van der Waals surface area contributed by atoms with Gasteiger partial charge in [-0.1, -0.05) is 0 Å². The summed E-state index contributed by atoms with van der Waals surface area (Å²) >= 11 is 3.28. The molecule has 0 aromatic carbocycles. The minimum Gasteiger partial charge on any atom is -0.350 e. The lowest BCUT2D eigenvalue weighted by Gasteiger charge is -2.05. The molecule has 6 nitrogen and oxygen atoms in total. The summed E-state index contributed by atoms with van der Waals surface area (Å²) in [6.45, 7) is 2.67. The average Bonchev–Trinajstić information content (AvgIpc) is 2.86. The molecule has 2 aromatic rings. The molecule has 0 aliphatic rings. The number of hydrogen-bond acceptors (Lipinski definition) is 3. The monoisotopic (exact) mass is 311 g/mol. The number of nitrogens with zero attached hydrogens (tertiary/aromatic N) is 4. The van der Waals surface area contributed by atoms with E-state index in [1.54, 1.807) is 28.0 Å². The highest BCUT2D eigenvalue weighted by molar-refractivity contribution is 9.10. The molecule has 96 valence electrons. The van der Waals surface area contributed by atoms with Gasteiger partial charge in [0.25, 0.3) is 0 Å². The van der Waals surface area contributed by atoms with E-state index < -0.39 is 0 Å². The van der Waals surface area contributed by atoms with Crippen LogP contribution in [0.1, 0.15) is 11.3 Å². The SMILES string of the molecule is Cc1c(CNC(=O)Cn2cc(Br)cn2)cnn1C. The standard InChI is InChI=1S/C11H14BrN5O/c1-8-9(4-14-16(8)2)3-13-11(18)7-17-6-10(12)5-15-17/h4-6H,3,7H2,1-2H3,(H,13,18). The van der Waals surface area contributed by atoms with Gasteiger partial charge in [0.1, 0.15) is 6.54 Å². The molecule has 0 unspecified atom stereocenters. The first-order valence-electron chi connectivity index (χ1n) is 5.48. The van der Waals surface area contributed by atoms with Crippen molar-refractivity contribution in [3.05, 3.63) is 34.3 Å². The molecule has 0 radical (unpaired) electrons. The van der Waals surface area contributed by atoms with Gasteiger partial charge < -0.3 is 5.32 Å². The summed E-state index contributed by atoms with van der Waals surface area (Å²) in [5.41, 5.74) is 2.07. The Balaban J connectivity index is 1.87. The minimum atomic E-state index is -0.0751. The van der Waals surface area contributed by atoms with Crippen LogP contribution in [0.25, 0.3) is 0 Å². The zero-order valence-corrected chi connectivity index (χ0v) is 11.8. The van der Waals surface area contributed by atoms with E-state index in [-0.39, 0.29) is 12.5 Å². The zero-order chi connectivity index (χ0) is 13.1. The first-order valence-corrected chi connectivity index (χ1v) is 6.27. The van der Waals surface area contributed by atoms with Gasteiger partial charge >= 0.3 is 0 Å². The van der Waals surface area contributed by atoms with Crippen molar-refractivity contribution in [1.82, 2.24) is 24.9 Å². The van der Waals surface area contributed by atoms with Crippen molar-refractivity contribution in [2.24, 2.45) is 7.05 Å². The van der Waals surface area contributed by atoms with E-state index in [0.29, 0.717) is 6.54 Å². The predicted molar refractivity (Wildman–Crippen MR) is 69.7 cm³/mol. The van der Waals surface area contributed by atoms with Crippen LogP contribution in [0, 0.1) is 6.92 Å². The summed E-state index contributed by atoms with van der Waals surface area (Å²) in [5.74, 6) is -0.0751. The second kappa shape index (κ2) is 5.34. The molecule has 2 heterocycles. The number of aromatic nitrogens is 4. The van der Waals surface area contributed by atoms with Crippen molar-refractivity contribution in [3.8, 4) is 0 Å². The van der Waals surface area contributed by atoms with Crippen molar-refractivity contribution in [2.75, 3.05) is 0 Å². The molecule has 0 aliphatic carbocycles. The molecule has 0 saturated heterocycles. The van der Waals surface area contributed by atoms with Crippen LogP contribution in [0.15, 0.2) is 23.1 Å². The lowest BCUT2D eigenvalue weighted by molar-refractivity contribution is -0.122. The van der Waals surface area contributed by atoms with Gasteiger partial charge in [-0.3, -0.25) is 14.2 Å². The predicted octanol–water partition coefficient (Wildman–Crippen LogP) is 1.00. The Morgan fingerprint density at radius 1 is 1.44 bits per heavy atom. The van der Waals surface area contributed by atoms with E-state index in [1.807, 2.05) is 14.0 Å². The van der Waals surface area contributed by atoms with Crippen LogP contribution in [0.4, 0.5) is 0 Å². The highest BCUT2D eigenvalue weighted by Crippen LogP contribution is 2.06. The number of hydrogen-bond donors (Lipinski definition) is 1. The highest BCUT2D eigenvalue weighted by Gasteiger charge is 2.07. The molecule has 2 aromatic heterocycles. The average molecular weight is 312 g/mol. The lowest BCUT2D eigenvalue weighted by Crippen LogP contribution is -2.27. The minimum absolute atomic E-state index is 0.0751. The van der Waals surface area contributed by atoms with E-state index >= 15 is 0 Å². The molecule has 2 rings (SSSR count). The fourth-order valence-corrected chi connectivity index (χ4v) is 1.87. The smallest absolute Gasteiger partial charge is 0.242 e. The van der Waals surface area contributed by atoms with Crippen molar-refractivity contribution in [1.29, 1.82) is 0 Å². The van der Waals surface area contributed by atoms with Gasteiger partial charge in [0, 0.05) is 31.0 Å². The fourth-order valence-electron chi connectivity index (χ4n) is 1.54. The number of rotatable bonds is 4. The highest BCUT2D eigenvalue weighted by atomic mass is 79.9. The van der Waals surface area contributed by atoms with Crippen molar-refractivity contribution in [3.63, 3.8) is 0 Å². The van der Waals surface area contributed by atoms with Gasteiger partial charge in [0.2, 0.25) is 5.91 Å². The van der Waals surface area contributed by atoms with Gasteiger partial charge in [0.15, 0.2) is 0 Å². The van der Waals surface area contributed by atoms with E-state index in [0.717, 1.165) is 15.7 Å². The lowest BCUT2D eigenvalue weighted by atomic mass is 10.2. The van der Waals surface area contributed by atoms with Crippen LogP contribution in [0.2, 0.25) is 0 Å². The van der Waals surface area contributed by atoms with Gasteiger partial charge in [0.05, 0.1) is 16.9 Å². The maximum atomic E-state index is 11.7. The molecule has 0 aliphatic heterocycles. The molecule has 0 spiro atoms. The summed E-state index contributed by atoms with van der Waals surface area (Å²) in [6, 6.07) is 0. The van der Waals surface area contributed by atoms with Crippen LogP contribution >= 0.6 is 15.9 Å². The fraction of sp³-hybridized carbons (Fsp3) is 0.364. The van der Waals surface area contributed by atoms with E-state index in [1.165, 1.54) is 0 Å². The number of aryl methyl sites for hydroxylation is 1. The van der Waals surface area contributed by atoms with Crippen LogP contribution in [-0.4, -0.2) is 25.5 Å². The van der Waals surface area contributed by atoms with Crippen molar-refractivity contribution < 1.29 is 4.79 Å². The Morgan fingerprint density at radius 3 is 2.78 bits per heavy atom. The molecule has 0 fully saturated rings. The number of amides is 1. The second-order valence-corrected chi connectivity index (χ2v) is 4.93. The quantitative estimate of drug-likeness (QED) is 0.916. The molecule has 7 heteroatoms. The Kier molecular flexibility index (Phi) is 3.81. The number of halogens is 1. The molecule has 0 bridgehead atoms. The summed E-state index contributed by atoms with van der Waals surface area (Å²) in [6.07, 6.45) is 5.17. The topological polar surface area (TPSA) is 64.7 Å². The van der Waals surface area contributed by atoms with E-state index in [2.05, 4.69) is 31.4 Å². The first-order chi connectivity index (χ1) is 8.56. The van der Waals surface area contributed by atoms with Crippen molar-refractivity contribution >= 4 is 21.8 Å². The van der Waals surface area contributed by atoms with Crippen LogP contribution in [0.5, 0.6) is 0 Å². The molecule has 18 heavy (non-hydrogen) atoms. The third-order valence-electron chi connectivity index (χ3n) is 2.72. The third kappa shape index (κ3) is 2.98. The normalized spacial score (nSPS) is 10.6. The second-order valence-electron chi connectivity index (χ2n) is 4.01. The Labute approximate surface area is 113 Å². The largest absolute Gasteiger partial charge is 0.350 e. The van der Waals surface area contributed by atoms with Gasteiger partial charge in [-0.25, -0.2) is 0 Å². The number of carbonyl (C=O) groups is 1. The molecular formula is C11H14BrN5O. The molecule has 1 amide bonds. The van der Waals surface area contributed by atoms with Crippen molar-refractivity contribution in [2.45, 2.75) is 20.0 Å². The molecule has 1 N–H and O–H groups in total. The summed E-state index contributed by atoms with van der Waals surface area (Å²) < 4.78 is 4.22. The van der Waals surface area contributed by atoms with Gasteiger partial charge in [-0.15, -0.1) is 0 Å². The maximum absolute atomic E-state index is 11.7. The molecule has 0 atom stereocenters. The van der Waals surface area contributed by atoms with Crippen LogP contribution in [0.3, 0.4) is 0 Å².